The van der Waals surface area contributed by atoms with Crippen molar-refractivity contribution in [3.63, 3.8) is 0 Å². The number of pyridine rings is 1. The van der Waals surface area contributed by atoms with Gasteiger partial charge in [-0.2, -0.15) is 5.10 Å². The van der Waals surface area contributed by atoms with Gasteiger partial charge in [-0.3, -0.25) is 9.59 Å². The lowest BCUT2D eigenvalue weighted by atomic mass is 10.3. The van der Waals surface area contributed by atoms with Crippen LogP contribution in [0, 0.1) is 5.82 Å². The number of anilines is 1. The molecule has 1 aromatic carbocycles. The SMILES string of the molecule is O=C(CNC(=O)c1cc2ccccn2n1)Nc1cccc(F)c1. The summed E-state index contributed by atoms with van der Waals surface area (Å²) in [6.07, 6.45) is 1.72. The molecule has 0 spiro atoms. The van der Waals surface area contributed by atoms with E-state index >= 15 is 0 Å². The topological polar surface area (TPSA) is 75.5 Å². The number of carbonyl (C=O) groups is 2. The zero-order valence-corrected chi connectivity index (χ0v) is 12.0. The molecule has 2 aromatic heterocycles. The number of nitrogens with one attached hydrogen (secondary N) is 2. The third-order valence-electron chi connectivity index (χ3n) is 3.12. The Bertz CT molecular complexity index is 842. The van der Waals surface area contributed by atoms with E-state index in [2.05, 4.69) is 15.7 Å². The second kappa shape index (κ2) is 6.27. The highest BCUT2D eigenvalue weighted by Gasteiger charge is 2.12. The molecule has 3 aromatic rings. The van der Waals surface area contributed by atoms with E-state index < -0.39 is 17.6 Å². The van der Waals surface area contributed by atoms with E-state index in [1.54, 1.807) is 28.9 Å². The van der Waals surface area contributed by atoms with Crippen LogP contribution >= 0.6 is 0 Å². The summed E-state index contributed by atoms with van der Waals surface area (Å²) in [4.78, 5) is 23.8. The molecule has 0 bridgehead atoms. The van der Waals surface area contributed by atoms with Crippen molar-refractivity contribution in [2.45, 2.75) is 0 Å². The quantitative estimate of drug-likeness (QED) is 0.772. The molecule has 0 radical (unpaired) electrons. The normalized spacial score (nSPS) is 10.5. The molecule has 0 aliphatic carbocycles. The first-order valence-corrected chi connectivity index (χ1v) is 6.90. The van der Waals surface area contributed by atoms with Crippen LogP contribution in [0.3, 0.4) is 0 Å². The lowest BCUT2D eigenvalue weighted by molar-refractivity contribution is -0.115. The van der Waals surface area contributed by atoms with Crippen LogP contribution in [0.15, 0.2) is 54.7 Å². The molecule has 0 aliphatic heterocycles. The van der Waals surface area contributed by atoms with E-state index in [1.165, 1.54) is 18.2 Å². The minimum Gasteiger partial charge on any atom is -0.342 e. The lowest BCUT2D eigenvalue weighted by Crippen LogP contribution is -2.33. The van der Waals surface area contributed by atoms with E-state index in [4.69, 9.17) is 0 Å². The first-order chi connectivity index (χ1) is 11.1. The standard InChI is InChI=1S/C16H13FN4O2/c17-11-4-3-5-12(8-11)19-15(22)10-18-16(23)14-9-13-6-1-2-7-21(13)20-14/h1-9H,10H2,(H,18,23)(H,19,22). The van der Waals surface area contributed by atoms with Gasteiger partial charge in [0.1, 0.15) is 5.82 Å². The average molecular weight is 312 g/mol. The number of nitrogens with zero attached hydrogens (tertiary/aromatic N) is 2. The van der Waals surface area contributed by atoms with Gasteiger partial charge in [0, 0.05) is 11.9 Å². The Balaban J connectivity index is 1.59. The third kappa shape index (κ3) is 3.52. The maximum atomic E-state index is 13.0. The van der Waals surface area contributed by atoms with Gasteiger partial charge < -0.3 is 10.6 Å². The maximum Gasteiger partial charge on any atom is 0.272 e. The molecule has 6 nitrogen and oxygen atoms in total. The molecule has 0 unspecified atom stereocenters. The highest BCUT2D eigenvalue weighted by atomic mass is 19.1. The molecule has 0 aliphatic rings. The van der Waals surface area contributed by atoms with Gasteiger partial charge in [-0.15, -0.1) is 0 Å². The number of amides is 2. The van der Waals surface area contributed by atoms with E-state index in [0.717, 1.165) is 5.52 Å². The van der Waals surface area contributed by atoms with Crippen molar-refractivity contribution in [2.75, 3.05) is 11.9 Å². The minimum atomic E-state index is -0.455. The van der Waals surface area contributed by atoms with Crippen molar-refractivity contribution >= 4 is 23.0 Å². The molecule has 0 atom stereocenters. The number of rotatable bonds is 4. The van der Waals surface area contributed by atoms with Gasteiger partial charge in [0.05, 0.1) is 12.1 Å². The Hall–Kier alpha value is -3.22. The Morgan fingerprint density at radius 1 is 1.13 bits per heavy atom. The van der Waals surface area contributed by atoms with Crippen LogP contribution in [0.5, 0.6) is 0 Å². The molecule has 2 heterocycles. The zero-order chi connectivity index (χ0) is 16.2. The van der Waals surface area contributed by atoms with E-state index in [1.807, 2.05) is 12.1 Å². The van der Waals surface area contributed by atoms with Crippen molar-refractivity contribution in [3.8, 4) is 0 Å². The molecule has 7 heteroatoms. The minimum absolute atomic E-state index is 0.217. The molecule has 0 saturated heterocycles. The van der Waals surface area contributed by atoms with Gasteiger partial charge in [-0.25, -0.2) is 8.91 Å². The molecule has 2 amide bonds. The predicted octanol–water partition coefficient (Wildman–Crippen LogP) is 1.84. The van der Waals surface area contributed by atoms with Gasteiger partial charge in [0.15, 0.2) is 5.69 Å². The highest BCUT2D eigenvalue weighted by Crippen LogP contribution is 2.09. The molecular weight excluding hydrogens is 299 g/mol. The monoisotopic (exact) mass is 312 g/mol. The summed E-state index contributed by atoms with van der Waals surface area (Å²) in [5.41, 5.74) is 1.33. The number of benzene rings is 1. The largest absolute Gasteiger partial charge is 0.342 e. The second-order valence-corrected chi connectivity index (χ2v) is 4.84. The van der Waals surface area contributed by atoms with E-state index in [-0.39, 0.29) is 12.2 Å². The maximum absolute atomic E-state index is 13.0. The Labute approximate surface area is 130 Å². The lowest BCUT2D eigenvalue weighted by Gasteiger charge is -2.06. The number of halogens is 1. The summed E-state index contributed by atoms with van der Waals surface area (Å²) in [7, 11) is 0. The number of hydrogen-bond acceptors (Lipinski definition) is 3. The van der Waals surface area contributed by atoms with Crippen molar-refractivity contribution in [1.29, 1.82) is 0 Å². The second-order valence-electron chi connectivity index (χ2n) is 4.84. The summed E-state index contributed by atoms with van der Waals surface area (Å²) in [6, 6.07) is 12.6. The van der Waals surface area contributed by atoms with Crippen LogP contribution in [0.4, 0.5) is 10.1 Å². The fraction of sp³-hybridized carbons (Fsp3) is 0.0625. The van der Waals surface area contributed by atoms with Crippen LogP contribution in [-0.4, -0.2) is 28.0 Å². The van der Waals surface area contributed by atoms with Crippen molar-refractivity contribution in [3.05, 3.63) is 66.2 Å². The Morgan fingerprint density at radius 2 is 2.00 bits per heavy atom. The van der Waals surface area contributed by atoms with E-state index in [0.29, 0.717) is 5.69 Å². The predicted molar refractivity (Wildman–Crippen MR) is 82.6 cm³/mol. The van der Waals surface area contributed by atoms with Gasteiger partial charge in [0.2, 0.25) is 5.91 Å². The molecule has 116 valence electrons. The van der Waals surface area contributed by atoms with Crippen molar-refractivity contribution < 1.29 is 14.0 Å². The third-order valence-corrected chi connectivity index (χ3v) is 3.12. The van der Waals surface area contributed by atoms with Gasteiger partial charge in [0.25, 0.3) is 5.91 Å². The average Bonchev–Trinajstić information content (AvgIpc) is 2.97. The van der Waals surface area contributed by atoms with Crippen LogP contribution in [0.1, 0.15) is 10.5 Å². The number of hydrogen-bond donors (Lipinski definition) is 2. The van der Waals surface area contributed by atoms with Gasteiger partial charge in [-0.1, -0.05) is 12.1 Å². The van der Waals surface area contributed by atoms with Crippen LogP contribution < -0.4 is 10.6 Å². The molecule has 0 saturated carbocycles. The molecular formula is C16H13FN4O2. The summed E-state index contributed by atoms with van der Waals surface area (Å²) in [5.74, 6) is -1.35. The van der Waals surface area contributed by atoms with E-state index in [9.17, 15) is 14.0 Å². The van der Waals surface area contributed by atoms with Crippen molar-refractivity contribution in [1.82, 2.24) is 14.9 Å². The number of fused-ring (bicyclic) bond motifs is 1. The fourth-order valence-corrected chi connectivity index (χ4v) is 2.07. The van der Waals surface area contributed by atoms with Crippen molar-refractivity contribution in [2.24, 2.45) is 0 Å². The Morgan fingerprint density at radius 3 is 2.78 bits per heavy atom. The summed E-state index contributed by atoms with van der Waals surface area (Å²) >= 11 is 0. The molecule has 0 fully saturated rings. The van der Waals surface area contributed by atoms with Crippen LogP contribution in [0.25, 0.3) is 5.52 Å². The summed E-state index contributed by atoms with van der Waals surface area (Å²) in [6.45, 7) is -0.233. The Kier molecular flexibility index (Phi) is 4.01. The van der Waals surface area contributed by atoms with Crippen LogP contribution in [0.2, 0.25) is 0 Å². The number of aromatic nitrogens is 2. The number of carbonyl (C=O) groups excluding carboxylic acids is 2. The zero-order valence-electron chi connectivity index (χ0n) is 12.0. The fourth-order valence-electron chi connectivity index (χ4n) is 2.07. The van der Waals surface area contributed by atoms with Gasteiger partial charge in [-0.05, 0) is 36.4 Å². The summed E-state index contributed by atoms with van der Waals surface area (Å²) in [5, 5.41) is 9.08. The first-order valence-electron chi connectivity index (χ1n) is 6.90. The van der Waals surface area contributed by atoms with Gasteiger partial charge >= 0.3 is 0 Å². The molecule has 3 rings (SSSR count). The highest BCUT2D eigenvalue weighted by molar-refractivity contribution is 5.98. The molecule has 2 N–H and O–H groups in total. The molecule has 23 heavy (non-hydrogen) atoms. The smallest absolute Gasteiger partial charge is 0.272 e. The van der Waals surface area contributed by atoms with Crippen LogP contribution in [-0.2, 0) is 4.79 Å². The first kappa shape index (κ1) is 14.7. The summed E-state index contributed by atoms with van der Waals surface area (Å²) < 4.78 is 14.6.